The normalized spacial score (nSPS) is 25.3. The van der Waals surface area contributed by atoms with E-state index in [-0.39, 0.29) is 5.41 Å². The molecule has 0 bridgehead atoms. The van der Waals surface area contributed by atoms with Crippen molar-refractivity contribution in [2.24, 2.45) is 5.92 Å². The molecule has 2 atom stereocenters. The molecule has 1 aromatic rings. The van der Waals surface area contributed by atoms with E-state index in [2.05, 4.69) is 62.3 Å². The van der Waals surface area contributed by atoms with E-state index in [1.165, 1.54) is 17.8 Å². The molecule has 2 heterocycles. The van der Waals surface area contributed by atoms with Crippen molar-refractivity contribution in [3.8, 4) is 0 Å². The van der Waals surface area contributed by atoms with Crippen LogP contribution in [-0.4, -0.2) is 36.6 Å². The van der Waals surface area contributed by atoms with Crippen molar-refractivity contribution in [3.63, 3.8) is 0 Å². The van der Waals surface area contributed by atoms with E-state index in [9.17, 15) is 0 Å². The van der Waals surface area contributed by atoms with Crippen molar-refractivity contribution in [1.29, 1.82) is 0 Å². The number of nitrogens with one attached hydrogen (secondary N) is 1. The van der Waals surface area contributed by atoms with Gasteiger partial charge in [0, 0.05) is 42.0 Å². The number of thiophene rings is 1. The predicted octanol–water partition coefficient (Wildman–Crippen LogP) is 3.73. The molecule has 3 heteroatoms. The highest BCUT2D eigenvalue weighted by molar-refractivity contribution is 7.10. The lowest BCUT2D eigenvalue weighted by Crippen LogP contribution is -2.59. The molecular weight excluding hydrogens is 264 g/mol. The van der Waals surface area contributed by atoms with Crippen LogP contribution in [0.25, 0.3) is 0 Å². The monoisotopic (exact) mass is 294 g/mol. The first kappa shape index (κ1) is 16.0. The third-order valence-electron chi connectivity index (χ3n) is 4.63. The van der Waals surface area contributed by atoms with Gasteiger partial charge in [0.1, 0.15) is 0 Å². The molecule has 1 aliphatic heterocycles. The van der Waals surface area contributed by atoms with E-state index < -0.39 is 0 Å². The van der Waals surface area contributed by atoms with Gasteiger partial charge < -0.3 is 5.32 Å². The summed E-state index contributed by atoms with van der Waals surface area (Å²) in [5, 5.41) is 5.93. The van der Waals surface area contributed by atoms with E-state index in [1.807, 2.05) is 11.3 Å². The summed E-state index contributed by atoms with van der Waals surface area (Å²) in [7, 11) is 0. The Kier molecular flexibility index (Phi) is 5.27. The van der Waals surface area contributed by atoms with Crippen LogP contribution in [0.1, 0.15) is 45.9 Å². The first-order valence-corrected chi connectivity index (χ1v) is 8.83. The molecule has 0 aliphatic carbocycles. The molecule has 0 saturated carbocycles. The van der Waals surface area contributed by atoms with E-state index in [1.54, 1.807) is 0 Å². The molecule has 2 unspecified atom stereocenters. The third kappa shape index (κ3) is 3.63. The van der Waals surface area contributed by atoms with Crippen LogP contribution in [0, 0.1) is 5.92 Å². The fourth-order valence-corrected chi connectivity index (χ4v) is 4.02. The minimum atomic E-state index is 0.250. The fourth-order valence-electron chi connectivity index (χ4n) is 3.17. The van der Waals surface area contributed by atoms with Crippen LogP contribution in [0.3, 0.4) is 0 Å². The Morgan fingerprint density at radius 2 is 2.20 bits per heavy atom. The molecule has 1 saturated heterocycles. The second-order valence-corrected chi connectivity index (χ2v) is 8.06. The largest absolute Gasteiger partial charge is 0.311 e. The van der Waals surface area contributed by atoms with Gasteiger partial charge in [-0.1, -0.05) is 40.7 Å². The minimum absolute atomic E-state index is 0.250. The highest BCUT2D eigenvalue weighted by atomic mass is 32.1. The smallest absolute Gasteiger partial charge is 0.0219 e. The molecule has 20 heavy (non-hydrogen) atoms. The summed E-state index contributed by atoms with van der Waals surface area (Å²) >= 11 is 1.89. The summed E-state index contributed by atoms with van der Waals surface area (Å²) in [6, 6.07) is 5.78. The van der Waals surface area contributed by atoms with Gasteiger partial charge in [-0.3, -0.25) is 4.90 Å². The van der Waals surface area contributed by atoms with Gasteiger partial charge in [-0.15, -0.1) is 11.3 Å². The number of piperazine rings is 1. The summed E-state index contributed by atoms with van der Waals surface area (Å²) < 4.78 is 0. The lowest BCUT2D eigenvalue weighted by atomic mass is 9.88. The van der Waals surface area contributed by atoms with E-state index in [0.29, 0.717) is 18.0 Å². The molecule has 0 spiro atoms. The van der Waals surface area contributed by atoms with Crippen molar-refractivity contribution in [1.82, 2.24) is 10.2 Å². The number of rotatable bonds is 5. The van der Waals surface area contributed by atoms with Gasteiger partial charge in [0.05, 0.1) is 0 Å². The van der Waals surface area contributed by atoms with Gasteiger partial charge in [0.15, 0.2) is 0 Å². The van der Waals surface area contributed by atoms with E-state index in [4.69, 9.17) is 0 Å². The van der Waals surface area contributed by atoms with Crippen LogP contribution in [0.4, 0.5) is 0 Å². The van der Waals surface area contributed by atoms with Crippen LogP contribution in [0.15, 0.2) is 17.5 Å². The zero-order valence-electron chi connectivity index (χ0n) is 13.6. The molecule has 114 valence electrons. The second kappa shape index (κ2) is 6.59. The molecule has 1 aliphatic rings. The van der Waals surface area contributed by atoms with Gasteiger partial charge in [-0.05, 0) is 23.8 Å². The van der Waals surface area contributed by atoms with Crippen molar-refractivity contribution in [2.45, 2.75) is 58.5 Å². The van der Waals surface area contributed by atoms with Crippen molar-refractivity contribution >= 4 is 11.3 Å². The summed E-state index contributed by atoms with van der Waals surface area (Å²) in [5.74, 6) is 0.708. The number of hydrogen-bond acceptors (Lipinski definition) is 3. The van der Waals surface area contributed by atoms with Crippen LogP contribution < -0.4 is 5.32 Å². The maximum atomic E-state index is 3.73. The van der Waals surface area contributed by atoms with Gasteiger partial charge in [0.25, 0.3) is 0 Å². The average Bonchev–Trinajstić information content (AvgIpc) is 2.92. The number of hydrogen-bond donors (Lipinski definition) is 1. The number of nitrogens with zero attached hydrogens (tertiary/aromatic N) is 1. The standard InChI is InChI=1S/C17H30N2S/c1-6-14-10-18-15(13(2)3)11-19(14)12-17(4,5)16-8-7-9-20-16/h7-9,13-15,18H,6,10-12H2,1-5H3. The van der Waals surface area contributed by atoms with Gasteiger partial charge in [-0.25, -0.2) is 0 Å². The van der Waals surface area contributed by atoms with Crippen LogP contribution in [0.5, 0.6) is 0 Å². The summed E-state index contributed by atoms with van der Waals surface area (Å²) in [6.45, 7) is 15.2. The molecule has 1 N–H and O–H groups in total. The molecule has 2 nitrogen and oxygen atoms in total. The first-order valence-electron chi connectivity index (χ1n) is 7.95. The average molecular weight is 295 g/mol. The highest BCUT2D eigenvalue weighted by Crippen LogP contribution is 2.30. The summed E-state index contributed by atoms with van der Waals surface area (Å²) in [4.78, 5) is 4.23. The second-order valence-electron chi connectivity index (χ2n) is 7.11. The van der Waals surface area contributed by atoms with Gasteiger partial charge in [-0.2, -0.15) is 0 Å². The van der Waals surface area contributed by atoms with Crippen molar-refractivity contribution in [3.05, 3.63) is 22.4 Å². The quantitative estimate of drug-likeness (QED) is 0.890. The lowest BCUT2D eigenvalue weighted by molar-refractivity contribution is 0.0906. The van der Waals surface area contributed by atoms with Crippen LogP contribution >= 0.6 is 11.3 Å². The Hall–Kier alpha value is -0.380. The van der Waals surface area contributed by atoms with Crippen molar-refractivity contribution in [2.75, 3.05) is 19.6 Å². The Labute approximate surface area is 128 Å². The topological polar surface area (TPSA) is 15.3 Å². The van der Waals surface area contributed by atoms with Crippen LogP contribution in [0.2, 0.25) is 0 Å². The fraction of sp³-hybridized carbons (Fsp3) is 0.765. The molecule has 0 aromatic carbocycles. The SMILES string of the molecule is CCC1CNC(C(C)C)CN1CC(C)(C)c1cccs1. The van der Waals surface area contributed by atoms with E-state index in [0.717, 1.165) is 13.1 Å². The molecule has 1 aromatic heterocycles. The molecule has 2 rings (SSSR count). The predicted molar refractivity (Wildman–Crippen MR) is 89.6 cm³/mol. The maximum absolute atomic E-state index is 3.73. The summed E-state index contributed by atoms with van der Waals surface area (Å²) in [5.41, 5.74) is 0.250. The maximum Gasteiger partial charge on any atom is 0.0219 e. The Balaban J connectivity index is 2.07. The first-order chi connectivity index (χ1) is 9.44. The molecule has 1 fully saturated rings. The van der Waals surface area contributed by atoms with Crippen LogP contribution in [-0.2, 0) is 5.41 Å². The van der Waals surface area contributed by atoms with Gasteiger partial charge in [0.2, 0.25) is 0 Å². The molecule has 0 amide bonds. The van der Waals surface area contributed by atoms with E-state index >= 15 is 0 Å². The zero-order chi connectivity index (χ0) is 14.8. The highest BCUT2D eigenvalue weighted by Gasteiger charge is 2.33. The summed E-state index contributed by atoms with van der Waals surface area (Å²) in [6.07, 6.45) is 1.23. The zero-order valence-corrected chi connectivity index (χ0v) is 14.5. The third-order valence-corrected chi connectivity index (χ3v) is 5.86. The minimum Gasteiger partial charge on any atom is -0.311 e. The Bertz CT molecular complexity index is 397. The Morgan fingerprint density at radius 3 is 2.75 bits per heavy atom. The Morgan fingerprint density at radius 1 is 1.45 bits per heavy atom. The molecular formula is C17H30N2S. The van der Waals surface area contributed by atoms with Crippen molar-refractivity contribution < 1.29 is 0 Å². The molecule has 0 radical (unpaired) electrons. The lowest BCUT2D eigenvalue weighted by Gasteiger charge is -2.44. The van der Waals surface area contributed by atoms with Gasteiger partial charge >= 0.3 is 0 Å².